The lowest BCUT2D eigenvalue weighted by molar-refractivity contribution is -0.311. The van der Waals surface area contributed by atoms with Gasteiger partial charge in [-0.3, -0.25) is 19.2 Å². The Balaban J connectivity index is 2.23. The fourth-order valence-electron chi connectivity index (χ4n) is 8.40. The largest absolute Gasteiger partial charge is 0.459 e. The molecule has 15 nitrogen and oxygen atoms in total. The number of esters is 3. The molecular weight excluding hydrogens is 720 g/mol. The van der Waals surface area contributed by atoms with Crippen molar-refractivity contribution in [2.45, 2.75) is 181 Å². The summed E-state index contributed by atoms with van der Waals surface area (Å²) in [5, 5.41) is 23.1. The van der Waals surface area contributed by atoms with Crippen LogP contribution in [0, 0.1) is 23.7 Å². The van der Waals surface area contributed by atoms with Gasteiger partial charge < -0.3 is 52.8 Å². The summed E-state index contributed by atoms with van der Waals surface area (Å²) < 4.78 is 55.4. The monoisotopic (exact) mass is 786 g/mol. The minimum Gasteiger partial charge on any atom is -0.459 e. The van der Waals surface area contributed by atoms with Crippen molar-refractivity contribution in [3.8, 4) is 0 Å². The number of rotatable bonds is 9. The molecular formula is C40H66O15. The molecule has 2 fully saturated rings. The first-order valence-electron chi connectivity index (χ1n) is 19.4. The number of hydrogen-bond acceptors (Lipinski definition) is 15. The van der Waals surface area contributed by atoms with Crippen LogP contribution in [0.4, 0.5) is 0 Å². The second-order valence-electron chi connectivity index (χ2n) is 16.3. The summed E-state index contributed by atoms with van der Waals surface area (Å²) in [4.78, 5) is 52.5. The predicted molar refractivity (Wildman–Crippen MR) is 197 cm³/mol. The third kappa shape index (κ3) is 10.7. The van der Waals surface area contributed by atoms with Crippen LogP contribution in [0.5, 0.6) is 0 Å². The molecule has 0 aromatic rings. The molecule has 0 aromatic carbocycles. The number of ketones is 1. The van der Waals surface area contributed by atoms with Crippen molar-refractivity contribution >= 4 is 23.7 Å². The molecule has 15 heteroatoms. The molecule has 2 saturated heterocycles. The SMILES string of the molecule is CC[C@H]1OC(=O)[C@H](C)[C@@H](O[C@H]2C[C@@](C)(OC)[C@@H](OC(C)=O)[C@H](C)O2)[C@H](C)[C@@H](O[C@@H]2O[C@H](C)C=C[C@H]2OC(C)=O)[C@](C)(OC)C[C@@H](C)C(=O)[C@H](C)[C@@H](O)[C@]1(C)O. The molecule has 2 N–H and O–H groups in total. The lowest BCUT2D eigenvalue weighted by Crippen LogP contribution is -2.60. The van der Waals surface area contributed by atoms with Crippen LogP contribution in [0.2, 0.25) is 0 Å². The van der Waals surface area contributed by atoms with Gasteiger partial charge in [-0.15, -0.1) is 0 Å². The van der Waals surface area contributed by atoms with Crippen molar-refractivity contribution in [1.82, 2.24) is 0 Å². The summed E-state index contributed by atoms with van der Waals surface area (Å²) in [6.07, 6.45) is -6.13. The fourth-order valence-corrected chi connectivity index (χ4v) is 8.40. The van der Waals surface area contributed by atoms with Crippen LogP contribution in [0.25, 0.3) is 0 Å². The van der Waals surface area contributed by atoms with Crippen LogP contribution in [0.3, 0.4) is 0 Å². The minimum atomic E-state index is -2.00. The first-order chi connectivity index (χ1) is 25.5. The van der Waals surface area contributed by atoms with E-state index in [-0.39, 0.29) is 25.0 Å². The van der Waals surface area contributed by atoms with Gasteiger partial charge in [0.05, 0.1) is 42.0 Å². The molecule has 0 unspecified atom stereocenters. The van der Waals surface area contributed by atoms with E-state index >= 15 is 0 Å². The average molecular weight is 787 g/mol. The first kappa shape index (κ1) is 46.9. The van der Waals surface area contributed by atoms with E-state index in [0.717, 1.165) is 0 Å². The Bertz CT molecular complexity index is 1370. The predicted octanol–water partition coefficient (Wildman–Crippen LogP) is 3.82. The molecule has 0 saturated carbocycles. The van der Waals surface area contributed by atoms with Gasteiger partial charge >= 0.3 is 17.9 Å². The average Bonchev–Trinajstić information content (AvgIpc) is 3.11. The maximum absolute atomic E-state index is 14.3. The highest BCUT2D eigenvalue weighted by molar-refractivity contribution is 5.83. The van der Waals surface area contributed by atoms with Crippen LogP contribution in [-0.2, 0) is 61.8 Å². The summed E-state index contributed by atoms with van der Waals surface area (Å²) in [7, 11) is 2.97. The number of carbonyl (C=O) groups is 4. The number of carbonyl (C=O) groups excluding carboxylic acids is 4. The number of Topliss-reactive ketones (excluding diaryl/α,β-unsaturated/α-hetero) is 1. The Morgan fingerprint density at radius 2 is 1.42 bits per heavy atom. The normalized spacial score (nSPS) is 44.9. The highest BCUT2D eigenvalue weighted by Crippen LogP contribution is 2.42. The number of methoxy groups -OCH3 is 2. The van der Waals surface area contributed by atoms with Gasteiger partial charge in [0, 0.05) is 52.2 Å². The van der Waals surface area contributed by atoms with Crippen LogP contribution in [0.15, 0.2) is 12.2 Å². The summed E-state index contributed by atoms with van der Waals surface area (Å²) in [5.41, 5.74) is -4.35. The molecule has 3 rings (SSSR count). The van der Waals surface area contributed by atoms with Crippen molar-refractivity contribution in [3.63, 3.8) is 0 Å². The highest BCUT2D eigenvalue weighted by Gasteiger charge is 2.54. The van der Waals surface area contributed by atoms with Crippen molar-refractivity contribution < 1.29 is 72.0 Å². The maximum atomic E-state index is 14.3. The van der Waals surface area contributed by atoms with Crippen molar-refractivity contribution in [2.24, 2.45) is 23.7 Å². The van der Waals surface area contributed by atoms with Crippen molar-refractivity contribution in [2.75, 3.05) is 14.2 Å². The van der Waals surface area contributed by atoms with Gasteiger partial charge in [0.25, 0.3) is 0 Å². The molecule has 3 aliphatic rings. The van der Waals surface area contributed by atoms with E-state index in [9.17, 15) is 29.4 Å². The van der Waals surface area contributed by atoms with Crippen LogP contribution in [0.1, 0.15) is 102 Å². The second-order valence-corrected chi connectivity index (χ2v) is 16.3. The lowest BCUT2D eigenvalue weighted by Gasteiger charge is -2.49. The summed E-state index contributed by atoms with van der Waals surface area (Å²) in [6, 6.07) is 0. The number of cyclic esters (lactones) is 1. The summed E-state index contributed by atoms with van der Waals surface area (Å²) >= 11 is 0. The molecule has 3 aliphatic heterocycles. The van der Waals surface area contributed by atoms with Crippen molar-refractivity contribution in [3.05, 3.63) is 12.2 Å². The second kappa shape index (κ2) is 18.8. The van der Waals surface area contributed by atoms with Crippen LogP contribution >= 0.6 is 0 Å². The van der Waals surface area contributed by atoms with Gasteiger partial charge in [-0.05, 0) is 60.5 Å². The maximum Gasteiger partial charge on any atom is 0.311 e. The zero-order chi connectivity index (χ0) is 41.8. The zero-order valence-corrected chi connectivity index (χ0v) is 35.1. The van der Waals surface area contributed by atoms with Gasteiger partial charge in [0.1, 0.15) is 23.1 Å². The van der Waals surface area contributed by atoms with Gasteiger partial charge in [0.15, 0.2) is 24.8 Å². The quantitative estimate of drug-likeness (QED) is 0.195. The molecule has 0 aliphatic carbocycles. The fraction of sp³-hybridized carbons (Fsp3) is 0.850. The number of aliphatic hydroxyl groups is 2. The number of aliphatic hydroxyl groups excluding tert-OH is 1. The zero-order valence-electron chi connectivity index (χ0n) is 35.1. The molecule has 0 radical (unpaired) electrons. The van der Waals surface area contributed by atoms with Gasteiger partial charge in [-0.25, -0.2) is 0 Å². The molecule has 55 heavy (non-hydrogen) atoms. The molecule has 0 aromatic heterocycles. The van der Waals surface area contributed by atoms with Gasteiger partial charge in [-0.1, -0.05) is 33.8 Å². The molecule has 316 valence electrons. The third-order valence-electron chi connectivity index (χ3n) is 11.7. The van der Waals surface area contributed by atoms with Gasteiger partial charge in [0.2, 0.25) is 0 Å². The Morgan fingerprint density at radius 1 is 0.836 bits per heavy atom. The Morgan fingerprint density at radius 3 is 1.96 bits per heavy atom. The number of ether oxygens (including phenoxy) is 9. The standard InChI is InChI=1S/C40H66O15/c1-15-29-40(12,46)33(44)22(4)31(43)20(2)18-38(10,47-13)34(55-37-28(51-26(8)41)17-16-21(3)49-37)23(5)32(24(6)36(45)53-29)54-30-19-39(11,48-14)35(25(7)50-30)52-27(9)42/h16-17,20-25,28-30,32-35,37,44,46H,15,18-19H2,1-14H3/t20-,21-,22+,23+,24-,25+,28-,29-,30+,32+,33-,34-,35+,37+,38-,39-,40-/m1/s1. The third-order valence-corrected chi connectivity index (χ3v) is 11.7. The van der Waals surface area contributed by atoms with Crippen LogP contribution < -0.4 is 0 Å². The molecule has 0 bridgehead atoms. The highest BCUT2D eigenvalue weighted by atomic mass is 16.7. The Kier molecular flexibility index (Phi) is 16.1. The first-order valence-corrected chi connectivity index (χ1v) is 19.4. The number of hydrogen-bond donors (Lipinski definition) is 2. The lowest BCUT2D eigenvalue weighted by atomic mass is 9.74. The van der Waals surface area contributed by atoms with Crippen molar-refractivity contribution in [1.29, 1.82) is 0 Å². The molecule has 3 heterocycles. The van der Waals surface area contributed by atoms with E-state index in [1.54, 1.807) is 67.5 Å². The van der Waals surface area contributed by atoms with E-state index < -0.39 is 120 Å². The van der Waals surface area contributed by atoms with E-state index in [1.807, 2.05) is 0 Å². The Hall–Kier alpha value is -2.50. The topological polar surface area (TPSA) is 192 Å². The molecule has 0 spiro atoms. The molecule has 17 atom stereocenters. The summed E-state index contributed by atoms with van der Waals surface area (Å²) in [6.45, 7) is 19.4. The van der Waals surface area contributed by atoms with Gasteiger partial charge in [-0.2, -0.15) is 0 Å². The Labute approximate surface area is 326 Å². The molecule has 0 amide bonds. The van der Waals surface area contributed by atoms with E-state index in [2.05, 4.69) is 0 Å². The smallest absolute Gasteiger partial charge is 0.311 e. The van der Waals surface area contributed by atoms with E-state index in [0.29, 0.717) is 0 Å². The minimum absolute atomic E-state index is 0.0679. The van der Waals surface area contributed by atoms with E-state index in [4.69, 9.17) is 42.6 Å². The van der Waals surface area contributed by atoms with E-state index in [1.165, 1.54) is 41.9 Å². The van der Waals surface area contributed by atoms with Crippen LogP contribution in [-0.4, -0.2) is 126 Å². The summed E-state index contributed by atoms with van der Waals surface area (Å²) in [5.74, 6) is -5.78.